The lowest BCUT2D eigenvalue weighted by atomic mass is 10.1. The molecule has 1 aliphatic rings. The first-order chi connectivity index (χ1) is 13.2. The highest BCUT2D eigenvalue weighted by atomic mass is 16.6. The molecule has 0 unspecified atom stereocenters. The molecule has 0 aromatic heterocycles. The van der Waals surface area contributed by atoms with Crippen LogP contribution < -0.4 is 4.74 Å². The quantitative estimate of drug-likeness (QED) is 0.814. The summed E-state index contributed by atoms with van der Waals surface area (Å²) in [6, 6.07) is 17.1. The third-order valence-electron chi connectivity index (χ3n) is 4.61. The molecule has 0 radical (unpaired) electrons. The summed E-state index contributed by atoms with van der Waals surface area (Å²) in [5, 5.41) is 0. The smallest absolute Gasteiger partial charge is 0.410 e. The maximum absolute atomic E-state index is 12.5. The summed E-state index contributed by atoms with van der Waals surface area (Å²) in [6.07, 6.45) is 0.0173. The van der Waals surface area contributed by atoms with Gasteiger partial charge in [-0.3, -0.25) is 4.79 Å². The minimum atomic E-state index is -0.332. The molecule has 142 valence electrons. The van der Waals surface area contributed by atoms with Gasteiger partial charge in [-0.15, -0.1) is 0 Å². The molecule has 0 bridgehead atoms. The number of piperazine rings is 1. The molecule has 1 fully saturated rings. The zero-order chi connectivity index (χ0) is 19.1. The van der Waals surface area contributed by atoms with Gasteiger partial charge in [-0.1, -0.05) is 42.5 Å². The van der Waals surface area contributed by atoms with Crippen molar-refractivity contribution in [3.63, 3.8) is 0 Å². The number of carbonyl (C=O) groups is 2. The first-order valence-electron chi connectivity index (χ1n) is 9.02. The number of amides is 2. The van der Waals surface area contributed by atoms with Crippen LogP contribution in [0.2, 0.25) is 0 Å². The van der Waals surface area contributed by atoms with E-state index in [9.17, 15) is 9.59 Å². The molecule has 1 heterocycles. The second kappa shape index (κ2) is 9.07. The van der Waals surface area contributed by atoms with Crippen LogP contribution in [0.3, 0.4) is 0 Å². The van der Waals surface area contributed by atoms with Gasteiger partial charge in [0.25, 0.3) is 0 Å². The number of hydrogen-bond acceptors (Lipinski definition) is 4. The van der Waals surface area contributed by atoms with Crippen LogP contribution >= 0.6 is 0 Å². The van der Waals surface area contributed by atoms with Gasteiger partial charge in [-0.25, -0.2) is 4.79 Å². The van der Waals surface area contributed by atoms with Crippen molar-refractivity contribution in [3.05, 3.63) is 65.7 Å². The summed E-state index contributed by atoms with van der Waals surface area (Å²) in [6.45, 7) is 2.28. The van der Waals surface area contributed by atoms with Gasteiger partial charge in [0.15, 0.2) is 0 Å². The van der Waals surface area contributed by atoms with Crippen molar-refractivity contribution < 1.29 is 19.1 Å². The Morgan fingerprint density at radius 2 is 1.48 bits per heavy atom. The number of ether oxygens (including phenoxy) is 2. The number of methoxy groups -OCH3 is 1. The lowest BCUT2D eigenvalue weighted by Gasteiger charge is -2.34. The summed E-state index contributed by atoms with van der Waals surface area (Å²) >= 11 is 0. The van der Waals surface area contributed by atoms with Crippen LogP contribution in [0, 0.1) is 0 Å². The Labute approximate surface area is 159 Å². The zero-order valence-corrected chi connectivity index (χ0v) is 15.5. The van der Waals surface area contributed by atoms with Crippen molar-refractivity contribution >= 4 is 12.0 Å². The summed E-state index contributed by atoms with van der Waals surface area (Å²) in [4.78, 5) is 28.1. The second-order valence-corrected chi connectivity index (χ2v) is 6.43. The average Bonchev–Trinajstić information content (AvgIpc) is 2.73. The number of hydrogen-bond donors (Lipinski definition) is 0. The molecule has 1 aliphatic heterocycles. The summed E-state index contributed by atoms with van der Waals surface area (Å²) in [5.41, 5.74) is 1.91. The van der Waals surface area contributed by atoms with Crippen molar-refractivity contribution in [3.8, 4) is 5.75 Å². The Kier molecular flexibility index (Phi) is 6.30. The van der Waals surface area contributed by atoms with E-state index in [1.54, 1.807) is 16.9 Å². The van der Waals surface area contributed by atoms with E-state index in [1.165, 1.54) is 0 Å². The molecule has 1 saturated heterocycles. The SMILES string of the molecule is COc1ccc(CC(=O)N2CCN(C(=O)OCc3ccccc3)CC2)cc1. The fourth-order valence-electron chi connectivity index (χ4n) is 2.98. The van der Waals surface area contributed by atoms with Crippen LogP contribution in [0.15, 0.2) is 54.6 Å². The third-order valence-corrected chi connectivity index (χ3v) is 4.61. The molecular weight excluding hydrogens is 344 g/mol. The van der Waals surface area contributed by atoms with Crippen molar-refractivity contribution in [2.75, 3.05) is 33.3 Å². The van der Waals surface area contributed by atoms with E-state index in [-0.39, 0.29) is 18.6 Å². The van der Waals surface area contributed by atoms with Crippen LogP contribution in [0.25, 0.3) is 0 Å². The Bertz CT molecular complexity index is 754. The first kappa shape index (κ1) is 18.8. The van der Waals surface area contributed by atoms with Gasteiger partial charge in [-0.05, 0) is 23.3 Å². The Morgan fingerprint density at radius 1 is 0.852 bits per heavy atom. The van der Waals surface area contributed by atoms with Crippen LogP contribution in [0.1, 0.15) is 11.1 Å². The van der Waals surface area contributed by atoms with Crippen molar-refractivity contribution in [2.45, 2.75) is 13.0 Å². The molecule has 0 N–H and O–H groups in total. The molecule has 27 heavy (non-hydrogen) atoms. The molecule has 2 aromatic rings. The van der Waals surface area contributed by atoms with Gasteiger partial charge in [0, 0.05) is 26.2 Å². The summed E-state index contributed by atoms with van der Waals surface area (Å²) < 4.78 is 10.5. The number of carbonyl (C=O) groups excluding carboxylic acids is 2. The van der Waals surface area contributed by atoms with Gasteiger partial charge in [-0.2, -0.15) is 0 Å². The normalized spacial score (nSPS) is 14.0. The minimum absolute atomic E-state index is 0.0671. The van der Waals surface area contributed by atoms with Crippen LogP contribution in [0.5, 0.6) is 5.75 Å². The fraction of sp³-hybridized carbons (Fsp3) is 0.333. The van der Waals surface area contributed by atoms with Crippen LogP contribution in [0.4, 0.5) is 4.79 Å². The van der Waals surface area contributed by atoms with E-state index in [0.29, 0.717) is 32.6 Å². The topological polar surface area (TPSA) is 59.1 Å². The molecule has 0 spiro atoms. The molecule has 6 nitrogen and oxygen atoms in total. The monoisotopic (exact) mass is 368 g/mol. The van der Waals surface area contributed by atoms with E-state index in [4.69, 9.17) is 9.47 Å². The molecule has 0 atom stereocenters. The first-order valence-corrected chi connectivity index (χ1v) is 9.02. The van der Waals surface area contributed by atoms with E-state index < -0.39 is 0 Å². The van der Waals surface area contributed by atoms with Gasteiger partial charge in [0.05, 0.1) is 13.5 Å². The molecule has 2 amide bonds. The van der Waals surface area contributed by atoms with E-state index in [0.717, 1.165) is 16.9 Å². The van der Waals surface area contributed by atoms with E-state index >= 15 is 0 Å². The summed E-state index contributed by atoms with van der Waals surface area (Å²) in [7, 11) is 1.62. The highest BCUT2D eigenvalue weighted by molar-refractivity contribution is 5.79. The molecular formula is C21H24N2O4. The zero-order valence-electron chi connectivity index (χ0n) is 15.5. The number of rotatable bonds is 5. The lowest BCUT2D eigenvalue weighted by Crippen LogP contribution is -2.51. The predicted octanol–water partition coefficient (Wildman–Crippen LogP) is 2.72. The van der Waals surface area contributed by atoms with Gasteiger partial charge in [0.2, 0.25) is 5.91 Å². The third kappa shape index (κ3) is 5.23. The van der Waals surface area contributed by atoms with Crippen molar-refractivity contribution in [1.82, 2.24) is 9.80 Å². The predicted molar refractivity (Wildman–Crippen MR) is 101 cm³/mol. The molecule has 3 rings (SSSR count). The highest BCUT2D eigenvalue weighted by Gasteiger charge is 2.25. The Balaban J connectivity index is 1.43. The highest BCUT2D eigenvalue weighted by Crippen LogP contribution is 2.13. The fourth-order valence-corrected chi connectivity index (χ4v) is 2.98. The van der Waals surface area contributed by atoms with Gasteiger partial charge in [0.1, 0.15) is 12.4 Å². The van der Waals surface area contributed by atoms with Crippen molar-refractivity contribution in [1.29, 1.82) is 0 Å². The summed E-state index contributed by atoms with van der Waals surface area (Å²) in [5.74, 6) is 0.839. The van der Waals surface area contributed by atoms with Gasteiger partial charge < -0.3 is 19.3 Å². The second-order valence-electron chi connectivity index (χ2n) is 6.43. The molecule has 6 heteroatoms. The van der Waals surface area contributed by atoms with Crippen LogP contribution in [-0.2, 0) is 22.6 Å². The minimum Gasteiger partial charge on any atom is -0.497 e. The molecule has 0 aliphatic carbocycles. The maximum Gasteiger partial charge on any atom is 0.410 e. The standard InChI is InChI=1S/C21H24N2O4/c1-26-19-9-7-17(8-10-19)15-20(24)22-11-13-23(14-12-22)21(25)27-16-18-5-3-2-4-6-18/h2-10H,11-16H2,1H3. The lowest BCUT2D eigenvalue weighted by molar-refractivity contribution is -0.132. The molecule has 2 aromatic carbocycles. The maximum atomic E-state index is 12.5. The largest absolute Gasteiger partial charge is 0.497 e. The van der Waals surface area contributed by atoms with E-state index in [2.05, 4.69) is 0 Å². The van der Waals surface area contributed by atoms with Crippen molar-refractivity contribution in [2.24, 2.45) is 0 Å². The number of nitrogens with zero attached hydrogens (tertiary/aromatic N) is 2. The molecule has 0 saturated carbocycles. The average molecular weight is 368 g/mol. The van der Waals surface area contributed by atoms with Gasteiger partial charge >= 0.3 is 6.09 Å². The number of benzene rings is 2. The van der Waals surface area contributed by atoms with E-state index in [1.807, 2.05) is 54.6 Å². The van der Waals surface area contributed by atoms with Crippen LogP contribution in [-0.4, -0.2) is 55.1 Å². The Hall–Kier alpha value is -3.02. The Morgan fingerprint density at radius 3 is 2.11 bits per heavy atom.